The molecule has 2 rings (SSSR count). The van der Waals surface area contributed by atoms with Crippen LogP contribution in [0.4, 0.5) is 5.69 Å². The third kappa shape index (κ3) is 3.14. The maximum absolute atomic E-state index is 12.3. The molecule has 1 amide bonds. The van der Waals surface area contributed by atoms with Gasteiger partial charge in [0, 0.05) is 16.2 Å². The lowest BCUT2D eigenvalue weighted by molar-refractivity contribution is 0.102. The van der Waals surface area contributed by atoms with Gasteiger partial charge in [-0.3, -0.25) is 4.79 Å². The van der Waals surface area contributed by atoms with E-state index in [1.807, 2.05) is 32.0 Å². The zero-order valence-electron chi connectivity index (χ0n) is 10.5. The van der Waals surface area contributed by atoms with Gasteiger partial charge in [0.25, 0.3) is 5.91 Å². The van der Waals surface area contributed by atoms with Crippen LogP contribution in [-0.4, -0.2) is 10.9 Å². The molecule has 3 nitrogen and oxygen atoms in total. The van der Waals surface area contributed by atoms with Gasteiger partial charge in [0.1, 0.15) is 0 Å². The SMILES string of the molecule is Cc1cccc(C)c1C(=O)Nc1cc(Br)cnc1Cl. The Bertz CT molecular complexity index is 623. The minimum Gasteiger partial charge on any atom is -0.319 e. The Morgan fingerprint density at radius 1 is 1.32 bits per heavy atom. The number of aryl methyl sites for hydroxylation is 2. The van der Waals surface area contributed by atoms with Gasteiger partial charge in [-0.2, -0.15) is 0 Å². The summed E-state index contributed by atoms with van der Waals surface area (Å²) in [5.41, 5.74) is 3.01. The third-order valence-corrected chi connectivity index (χ3v) is 3.50. The van der Waals surface area contributed by atoms with Gasteiger partial charge in [0.05, 0.1) is 5.69 Å². The second-order valence-electron chi connectivity index (χ2n) is 4.21. The maximum atomic E-state index is 12.3. The number of anilines is 1. The minimum absolute atomic E-state index is 0.183. The van der Waals surface area contributed by atoms with E-state index in [1.54, 1.807) is 12.3 Å². The Hall–Kier alpha value is -1.39. The molecule has 0 saturated heterocycles. The summed E-state index contributed by atoms with van der Waals surface area (Å²) >= 11 is 9.26. The highest BCUT2D eigenvalue weighted by molar-refractivity contribution is 9.10. The standard InChI is InChI=1S/C14H12BrClN2O/c1-8-4-3-5-9(2)12(8)14(19)18-11-6-10(15)7-17-13(11)16/h3-7H,1-2H3,(H,18,19). The summed E-state index contributed by atoms with van der Waals surface area (Å²) in [4.78, 5) is 16.3. The second kappa shape index (κ2) is 5.72. The molecule has 0 aliphatic heterocycles. The van der Waals surface area contributed by atoms with E-state index in [-0.39, 0.29) is 11.1 Å². The number of benzene rings is 1. The van der Waals surface area contributed by atoms with Crippen molar-refractivity contribution < 1.29 is 4.79 Å². The number of nitrogens with zero attached hydrogens (tertiary/aromatic N) is 1. The molecule has 2 aromatic rings. The predicted molar refractivity (Wildman–Crippen MR) is 80.8 cm³/mol. The fourth-order valence-corrected chi connectivity index (χ4v) is 2.35. The average Bonchev–Trinajstić information content (AvgIpc) is 2.33. The van der Waals surface area contributed by atoms with Crippen LogP contribution in [0, 0.1) is 13.8 Å². The van der Waals surface area contributed by atoms with Crippen molar-refractivity contribution in [2.75, 3.05) is 5.32 Å². The Kier molecular flexibility index (Phi) is 4.22. The number of aromatic nitrogens is 1. The van der Waals surface area contributed by atoms with Crippen LogP contribution in [0.15, 0.2) is 34.9 Å². The van der Waals surface area contributed by atoms with E-state index in [0.29, 0.717) is 11.3 Å². The molecule has 0 spiro atoms. The van der Waals surface area contributed by atoms with E-state index < -0.39 is 0 Å². The number of amides is 1. The highest BCUT2D eigenvalue weighted by Gasteiger charge is 2.14. The zero-order valence-corrected chi connectivity index (χ0v) is 12.8. The fourth-order valence-electron chi connectivity index (χ4n) is 1.87. The topological polar surface area (TPSA) is 42.0 Å². The molecule has 0 unspecified atom stereocenters. The molecule has 1 heterocycles. The lowest BCUT2D eigenvalue weighted by Crippen LogP contribution is -2.15. The van der Waals surface area contributed by atoms with Gasteiger partial charge in [0.2, 0.25) is 0 Å². The molecule has 0 bridgehead atoms. The van der Waals surface area contributed by atoms with Crippen molar-refractivity contribution in [2.24, 2.45) is 0 Å². The first-order chi connectivity index (χ1) is 8.99. The zero-order chi connectivity index (χ0) is 14.0. The van der Waals surface area contributed by atoms with E-state index >= 15 is 0 Å². The van der Waals surface area contributed by atoms with Crippen LogP contribution >= 0.6 is 27.5 Å². The molecule has 1 aromatic heterocycles. The number of halogens is 2. The maximum Gasteiger partial charge on any atom is 0.256 e. The molecular weight excluding hydrogens is 328 g/mol. The van der Waals surface area contributed by atoms with Crippen molar-refractivity contribution in [3.63, 3.8) is 0 Å². The second-order valence-corrected chi connectivity index (χ2v) is 5.49. The first-order valence-electron chi connectivity index (χ1n) is 5.67. The van der Waals surface area contributed by atoms with Gasteiger partial charge in [-0.05, 0) is 47.0 Å². The number of carbonyl (C=O) groups excluding carboxylic acids is 1. The van der Waals surface area contributed by atoms with Gasteiger partial charge >= 0.3 is 0 Å². The summed E-state index contributed by atoms with van der Waals surface area (Å²) in [6.45, 7) is 3.81. The molecule has 0 aliphatic rings. The first-order valence-corrected chi connectivity index (χ1v) is 6.84. The predicted octanol–water partition coefficient (Wildman–Crippen LogP) is 4.37. The highest BCUT2D eigenvalue weighted by Crippen LogP contribution is 2.24. The van der Waals surface area contributed by atoms with Gasteiger partial charge in [0.15, 0.2) is 5.15 Å². The van der Waals surface area contributed by atoms with E-state index in [1.165, 1.54) is 0 Å². The van der Waals surface area contributed by atoms with Crippen molar-refractivity contribution in [1.29, 1.82) is 0 Å². The Morgan fingerprint density at radius 3 is 2.58 bits per heavy atom. The lowest BCUT2D eigenvalue weighted by Gasteiger charge is -2.11. The summed E-state index contributed by atoms with van der Waals surface area (Å²) in [5, 5.41) is 3.05. The minimum atomic E-state index is -0.183. The number of carbonyl (C=O) groups is 1. The van der Waals surface area contributed by atoms with Crippen molar-refractivity contribution in [3.8, 4) is 0 Å². The Balaban J connectivity index is 2.34. The van der Waals surface area contributed by atoms with Crippen LogP contribution in [0.2, 0.25) is 5.15 Å². The normalized spacial score (nSPS) is 10.3. The fraction of sp³-hybridized carbons (Fsp3) is 0.143. The van der Waals surface area contributed by atoms with Gasteiger partial charge in [-0.1, -0.05) is 29.8 Å². The summed E-state index contributed by atoms with van der Waals surface area (Å²) in [6.07, 6.45) is 1.58. The molecule has 1 N–H and O–H groups in total. The van der Waals surface area contributed by atoms with Crippen LogP contribution in [0.5, 0.6) is 0 Å². The molecular formula is C14H12BrClN2O. The molecule has 1 aromatic carbocycles. The first kappa shape index (κ1) is 14.0. The van der Waals surface area contributed by atoms with Gasteiger partial charge < -0.3 is 5.32 Å². The summed E-state index contributed by atoms with van der Waals surface area (Å²) in [5.74, 6) is -0.183. The van der Waals surface area contributed by atoms with Crippen molar-refractivity contribution in [3.05, 3.63) is 56.8 Å². The Labute approximate surface area is 125 Å². The number of hydrogen-bond donors (Lipinski definition) is 1. The van der Waals surface area contributed by atoms with Crippen LogP contribution in [0.3, 0.4) is 0 Å². The van der Waals surface area contributed by atoms with Crippen molar-refractivity contribution in [2.45, 2.75) is 13.8 Å². The highest BCUT2D eigenvalue weighted by atomic mass is 79.9. The Morgan fingerprint density at radius 2 is 1.95 bits per heavy atom. The van der Waals surface area contributed by atoms with Gasteiger partial charge in [-0.25, -0.2) is 4.98 Å². The van der Waals surface area contributed by atoms with E-state index in [0.717, 1.165) is 15.6 Å². The van der Waals surface area contributed by atoms with Crippen molar-refractivity contribution >= 4 is 39.1 Å². The van der Waals surface area contributed by atoms with E-state index in [9.17, 15) is 4.79 Å². The van der Waals surface area contributed by atoms with E-state index in [2.05, 4.69) is 26.2 Å². The van der Waals surface area contributed by atoms with Crippen LogP contribution in [-0.2, 0) is 0 Å². The monoisotopic (exact) mass is 338 g/mol. The summed E-state index contributed by atoms with van der Waals surface area (Å²) < 4.78 is 0.758. The molecule has 0 fully saturated rings. The van der Waals surface area contributed by atoms with E-state index in [4.69, 9.17) is 11.6 Å². The van der Waals surface area contributed by atoms with Crippen LogP contribution in [0.25, 0.3) is 0 Å². The molecule has 0 atom stereocenters. The molecule has 98 valence electrons. The van der Waals surface area contributed by atoms with Crippen LogP contribution in [0.1, 0.15) is 21.5 Å². The summed E-state index contributed by atoms with van der Waals surface area (Å²) in [7, 11) is 0. The molecule has 5 heteroatoms. The smallest absolute Gasteiger partial charge is 0.256 e. The lowest BCUT2D eigenvalue weighted by atomic mass is 10.0. The molecule has 0 aliphatic carbocycles. The molecule has 0 saturated carbocycles. The number of hydrogen-bond acceptors (Lipinski definition) is 2. The molecule has 19 heavy (non-hydrogen) atoms. The number of nitrogens with one attached hydrogen (secondary N) is 1. The largest absolute Gasteiger partial charge is 0.319 e. The molecule has 0 radical (unpaired) electrons. The third-order valence-electron chi connectivity index (χ3n) is 2.76. The average molecular weight is 340 g/mol. The number of pyridine rings is 1. The van der Waals surface area contributed by atoms with Crippen LogP contribution < -0.4 is 5.32 Å². The van der Waals surface area contributed by atoms with Crippen molar-refractivity contribution in [1.82, 2.24) is 4.98 Å². The number of rotatable bonds is 2. The summed E-state index contributed by atoms with van der Waals surface area (Å²) in [6, 6.07) is 7.46. The quantitative estimate of drug-likeness (QED) is 0.826. The van der Waals surface area contributed by atoms with Gasteiger partial charge in [-0.15, -0.1) is 0 Å².